The summed E-state index contributed by atoms with van der Waals surface area (Å²) in [7, 11) is 0. The minimum absolute atomic E-state index is 0.576. The summed E-state index contributed by atoms with van der Waals surface area (Å²) in [5, 5.41) is 2.88. The van der Waals surface area contributed by atoms with Gasteiger partial charge in [-0.1, -0.05) is 36.4 Å². The Morgan fingerprint density at radius 2 is 1.09 bits per heavy atom. The molecule has 0 saturated carbocycles. The largest absolute Gasteiger partial charge is 0.342 e. The lowest BCUT2D eigenvalue weighted by Gasteiger charge is -2.29. The highest BCUT2D eigenvalue weighted by Gasteiger charge is 2.36. The Labute approximate surface area is 128 Å². The van der Waals surface area contributed by atoms with E-state index < -0.39 is 0 Å². The summed E-state index contributed by atoms with van der Waals surface area (Å²) in [5.41, 5.74) is 5.83. The molecule has 2 nitrogen and oxygen atoms in total. The molecule has 0 aliphatic carbocycles. The van der Waals surface area contributed by atoms with E-state index in [1.54, 1.807) is 0 Å². The summed E-state index contributed by atoms with van der Waals surface area (Å²) in [6.45, 7) is 0. The minimum Gasteiger partial charge on any atom is -0.342 e. The van der Waals surface area contributed by atoms with Crippen LogP contribution in [0, 0.1) is 0 Å². The van der Waals surface area contributed by atoms with Crippen molar-refractivity contribution in [2.24, 2.45) is 0 Å². The fourth-order valence-corrected chi connectivity index (χ4v) is 4.72. The van der Waals surface area contributed by atoms with Crippen molar-refractivity contribution in [3.8, 4) is 0 Å². The molecule has 2 aromatic carbocycles. The zero-order valence-electron chi connectivity index (χ0n) is 12.2. The molecule has 0 fully saturated rings. The molecule has 0 radical (unpaired) electrons. The highest BCUT2D eigenvalue weighted by atomic mass is 15.1. The highest BCUT2D eigenvalue weighted by molar-refractivity contribution is 5.87. The number of hydrogen-bond acceptors (Lipinski definition) is 0. The molecule has 0 saturated heterocycles. The number of hydrogen-bond donors (Lipinski definition) is 0. The van der Waals surface area contributed by atoms with Gasteiger partial charge in [-0.2, -0.15) is 0 Å². The third kappa shape index (κ3) is 1.19. The van der Waals surface area contributed by atoms with Gasteiger partial charge >= 0.3 is 0 Å². The second-order valence-electron chi connectivity index (χ2n) is 6.70. The van der Waals surface area contributed by atoms with Gasteiger partial charge < -0.3 is 9.13 Å². The van der Waals surface area contributed by atoms with Gasteiger partial charge in [-0.3, -0.25) is 0 Å². The van der Waals surface area contributed by atoms with E-state index in [0.29, 0.717) is 12.1 Å². The molecule has 2 heteroatoms. The van der Waals surface area contributed by atoms with Crippen LogP contribution in [0.25, 0.3) is 21.8 Å². The quantitative estimate of drug-likeness (QED) is 0.487. The van der Waals surface area contributed by atoms with Gasteiger partial charge in [-0.25, -0.2) is 0 Å². The molecule has 2 unspecified atom stereocenters. The number of fused-ring (bicyclic) bond motifs is 10. The Bertz CT molecular complexity index is 964. The van der Waals surface area contributed by atoms with Crippen molar-refractivity contribution >= 4 is 21.8 Å². The van der Waals surface area contributed by atoms with E-state index in [1.165, 1.54) is 45.8 Å². The lowest BCUT2D eigenvalue weighted by molar-refractivity contribution is 0.362. The highest BCUT2D eigenvalue weighted by Crippen LogP contribution is 2.46. The van der Waals surface area contributed by atoms with Gasteiger partial charge in [0.25, 0.3) is 0 Å². The van der Waals surface area contributed by atoms with Crippen molar-refractivity contribution in [2.45, 2.75) is 24.9 Å². The Balaban J connectivity index is 1.52. The first kappa shape index (κ1) is 11.1. The van der Waals surface area contributed by atoms with Crippen LogP contribution in [0.5, 0.6) is 0 Å². The fourth-order valence-electron chi connectivity index (χ4n) is 4.72. The maximum Gasteiger partial charge on any atom is 0.0588 e. The minimum atomic E-state index is 0.576. The van der Waals surface area contributed by atoms with Crippen LogP contribution in [0.15, 0.2) is 60.9 Å². The predicted octanol–water partition coefficient (Wildman–Crippen LogP) is 4.49. The molecule has 0 spiro atoms. The molecule has 0 N–H and O–H groups in total. The van der Waals surface area contributed by atoms with Gasteiger partial charge in [0, 0.05) is 34.2 Å². The van der Waals surface area contributed by atoms with Crippen LogP contribution in [-0.4, -0.2) is 9.13 Å². The van der Waals surface area contributed by atoms with Gasteiger partial charge in [0.2, 0.25) is 0 Å². The third-order valence-electron chi connectivity index (χ3n) is 5.66. The summed E-state index contributed by atoms with van der Waals surface area (Å²) in [5.74, 6) is 0. The first-order valence-electron chi connectivity index (χ1n) is 8.07. The van der Waals surface area contributed by atoms with Crippen LogP contribution < -0.4 is 0 Å². The zero-order chi connectivity index (χ0) is 14.3. The van der Waals surface area contributed by atoms with Gasteiger partial charge in [0.1, 0.15) is 0 Å². The summed E-state index contributed by atoms with van der Waals surface area (Å²) in [6, 6.07) is 18.8. The molecule has 2 atom stereocenters. The normalized spacial score (nSPS) is 22.2. The van der Waals surface area contributed by atoms with Crippen molar-refractivity contribution in [1.82, 2.24) is 9.13 Å². The lowest BCUT2D eigenvalue weighted by Crippen LogP contribution is -2.22. The summed E-state index contributed by atoms with van der Waals surface area (Å²) in [4.78, 5) is 0. The topological polar surface area (TPSA) is 9.86 Å². The smallest absolute Gasteiger partial charge is 0.0588 e. The predicted molar refractivity (Wildman–Crippen MR) is 89.4 cm³/mol. The Morgan fingerprint density at radius 1 is 0.636 bits per heavy atom. The van der Waals surface area contributed by atoms with Gasteiger partial charge in [0.05, 0.1) is 12.1 Å². The van der Waals surface area contributed by atoms with Crippen LogP contribution >= 0.6 is 0 Å². The number of para-hydroxylation sites is 2. The van der Waals surface area contributed by atoms with Crippen LogP contribution in [0.1, 0.15) is 23.2 Å². The van der Waals surface area contributed by atoms with Crippen LogP contribution in [-0.2, 0) is 12.8 Å². The first-order chi connectivity index (χ1) is 10.9. The summed E-state index contributed by atoms with van der Waals surface area (Å²) in [6.07, 6.45) is 7.11. The maximum atomic E-state index is 2.52. The van der Waals surface area contributed by atoms with Crippen LogP contribution in [0.2, 0.25) is 0 Å². The standard InChI is InChI=1S/C20H16N2/c1-3-7-17-15(5-1)13-9-19(21(17)11-13)20-10-14-12-22(20)18-8-4-2-6-16(14)18/h1-8,11-12,19-20H,9-10H2. The molecule has 4 heterocycles. The van der Waals surface area contributed by atoms with Gasteiger partial charge in [-0.05, 0) is 36.1 Å². The molecular formula is C20H16N2. The molecule has 2 aromatic heterocycles. The van der Waals surface area contributed by atoms with E-state index in [0.717, 1.165) is 0 Å². The molecule has 0 amide bonds. The summed E-state index contributed by atoms with van der Waals surface area (Å²) < 4.78 is 5.04. The van der Waals surface area contributed by atoms with E-state index in [2.05, 4.69) is 70.1 Å². The van der Waals surface area contributed by atoms with E-state index >= 15 is 0 Å². The molecule has 106 valence electrons. The lowest BCUT2D eigenvalue weighted by atomic mass is 9.93. The maximum absolute atomic E-state index is 2.52. The van der Waals surface area contributed by atoms with E-state index in [1.807, 2.05) is 0 Å². The van der Waals surface area contributed by atoms with Crippen molar-refractivity contribution in [3.63, 3.8) is 0 Å². The molecule has 6 rings (SSSR count). The average Bonchev–Trinajstić information content (AvgIpc) is 3.33. The van der Waals surface area contributed by atoms with Crippen molar-refractivity contribution < 1.29 is 0 Å². The molecular weight excluding hydrogens is 268 g/mol. The molecule has 22 heavy (non-hydrogen) atoms. The van der Waals surface area contributed by atoms with Gasteiger partial charge in [-0.15, -0.1) is 0 Å². The van der Waals surface area contributed by atoms with Gasteiger partial charge in [0.15, 0.2) is 0 Å². The second kappa shape index (κ2) is 3.64. The third-order valence-corrected chi connectivity index (χ3v) is 5.66. The zero-order valence-corrected chi connectivity index (χ0v) is 12.2. The second-order valence-corrected chi connectivity index (χ2v) is 6.70. The molecule has 4 aromatic rings. The Hall–Kier alpha value is -2.48. The van der Waals surface area contributed by atoms with Crippen LogP contribution in [0.3, 0.4) is 0 Å². The average molecular weight is 284 g/mol. The molecule has 4 bridgehead atoms. The monoisotopic (exact) mass is 284 g/mol. The first-order valence-corrected chi connectivity index (χ1v) is 8.07. The summed E-state index contributed by atoms with van der Waals surface area (Å²) >= 11 is 0. The van der Waals surface area contributed by atoms with Crippen molar-refractivity contribution in [3.05, 3.63) is 72.1 Å². The van der Waals surface area contributed by atoms with E-state index in [4.69, 9.17) is 0 Å². The number of rotatable bonds is 1. The Morgan fingerprint density at radius 3 is 1.59 bits per heavy atom. The number of aromatic nitrogens is 2. The van der Waals surface area contributed by atoms with E-state index in [9.17, 15) is 0 Å². The number of nitrogens with zero attached hydrogens (tertiary/aromatic N) is 2. The fraction of sp³-hybridized carbons (Fsp3) is 0.200. The Kier molecular flexibility index (Phi) is 1.84. The SMILES string of the molecule is c1ccc2c(c1)c1cn2C(C2Cc3cn2c2ccccc32)C1. The van der Waals surface area contributed by atoms with Crippen molar-refractivity contribution in [1.29, 1.82) is 0 Å². The van der Waals surface area contributed by atoms with Crippen molar-refractivity contribution in [2.75, 3.05) is 0 Å². The van der Waals surface area contributed by atoms with Crippen LogP contribution in [0.4, 0.5) is 0 Å². The molecule has 2 aliphatic rings. The van der Waals surface area contributed by atoms with E-state index in [-0.39, 0.29) is 0 Å². The molecule has 2 aliphatic heterocycles. The number of benzene rings is 2.